The van der Waals surface area contributed by atoms with Gasteiger partial charge in [-0.25, -0.2) is 0 Å². The highest BCUT2D eigenvalue weighted by atomic mass is 19.4. The lowest BCUT2D eigenvalue weighted by molar-refractivity contribution is -0.137. The number of benzene rings is 2. The van der Waals surface area contributed by atoms with Crippen molar-refractivity contribution in [2.45, 2.75) is 25.6 Å². The molecule has 0 heterocycles. The van der Waals surface area contributed by atoms with E-state index in [4.69, 9.17) is 9.47 Å². The molecule has 4 nitrogen and oxygen atoms in total. The van der Waals surface area contributed by atoms with Crippen molar-refractivity contribution in [1.82, 2.24) is 4.90 Å². The molecule has 0 spiro atoms. The Morgan fingerprint density at radius 3 is 2.36 bits per heavy atom. The third kappa shape index (κ3) is 6.56. The summed E-state index contributed by atoms with van der Waals surface area (Å²) in [6, 6.07) is 12.1. The standard InChI is InChI=1S/C21H24F3NO3/c1-27-12-4-11-25(15-17-5-3-6-19(13-17)28-2)20(26)14-16-7-9-18(10-8-16)21(22,23)24/h3,5-10,13H,4,11-12,14-15H2,1-2H3. The van der Waals surface area contributed by atoms with Crippen molar-refractivity contribution in [1.29, 1.82) is 0 Å². The molecule has 2 aromatic carbocycles. The largest absolute Gasteiger partial charge is 0.497 e. The smallest absolute Gasteiger partial charge is 0.416 e. The lowest BCUT2D eigenvalue weighted by atomic mass is 10.1. The van der Waals surface area contributed by atoms with E-state index in [0.29, 0.717) is 37.4 Å². The van der Waals surface area contributed by atoms with Crippen molar-refractivity contribution in [3.8, 4) is 5.75 Å². The molecule has 0 aromatic heterocycles. The van der Waals surface area contributed by atoms with Crippen molar-refractivity contribution in [2.24, 2.45) is 0 Å². The SMILES string of the molecule is COCCCN(Cc1cccc(OC)c1)C(=O)Cc1ccc(C(F)(F)F)cc1. The second kappa shape index (κ2) is 10.1. The number of alkyl halides is 3. The van der Waals surface area contributed by atoms with Gasteiger partial charge in [0.1, 0.15) is 5.75 Å². The third-order valence-electron chi connectivity index (χ3n) is 4.27. The average Bonchev–Trinajstić information content (AvgIpc) is 2.67. The zero-order valence-corrected chi connectivity index (χ0v) is 16.0. The maximum atomic E-state index is 12.8. The Bertz CT molecular complexity index is 760. The van der Waals surface area contributed by atoms with E-state index in [1.807, 2.05) is 24.3 Å². The number of amides is 1. The molecule has 2 aromatic rings. The first-order valence-electron chi connectivity index (χ1n) is 8.89. The van der Waals surface area contributed by atoms with Crippen LogP contribution in [0.5, 0.6) is 5.75 Å². The van der Waals surface area contributed by atoms with Gasteiger partial charge in [0.2, 0.25) is 5.91 Å². The van der Waals surface area contributed by atoms with Crippen LogP contribution in [0.1, 0.15) is 23.1 Å². The molecule has 152 valence electrons. The summed E-state index contributed by atoms with van der Waals surface area (Å²) in [7, 11) is 3.17. The van der Waals surface area contributed by atoms with Crippen molar-refractivity contribution < 1.29 is 27.4 Å². The van der Waals surface area contributed by atoms with E-state index >= 15 is 0 Å². The Balaban J connectivity index is 2.09. The summed E-state index contributed by atoms with van der Waals surface area (Å²) in [4.78, 5) is 14.5. The number of nitrogens with zero attached hydrogens (tertiary/aromatic N) is 1. The van der Waals surface area contributed by atoms with E-state index in [1.165, 1.54) is 12.1 Å². The Morgan fingerprint density at radius 1 is 1.04 bits per heavy atom. The van der Waals surface area contributed by atoms with Crippen LogP contribution in [-0.2, 0) is 28.7 Å². The molecule has 0 atom stereocenters. The third-order valence-corrected chi connectivity index (χ3v) is 4.27. The summed E-state index contributed by atoms with van der Waals surface area (Å²) in [5.41, 5.74) is 0.731. The number of halogens is 3. The molecule has 0 aliphatic carbocycles. The normalized spacial score (nSPS) is 11.3. The minimum Gasteiger partial charge on any atom is -0.497 e. The van der Waals surface area contributed by atoms with Gasteiger partial charge < -0.3 is 14.4 Å². The van der Waals surface area contributed by atoms with Gasteiger partial charge in [0.15, 0.2) is 0 Å². The van der Waals surface area contributed by atoms with Gasteiger partial charge in [0, 0.05) is 26.8 Å². The van der Waals surface area contributed by atoms with Gasteiger partial charge in [0.05, 0.1) is 19.1 Å². The lowest BCUT2D eigenvalue weighted by Gasteiger charge is -2.23. The van der Waals surface area contributed by atoms with Crippen molar-refractivity contribution in [3.05, 3.63) is 65.2 Å². The Labute approximate surface area is 162 Å². The predicted molar refractivity (Wildman–Crippen MR) is 100 cm³/mol. The zero-order chi connectivity index (χ0) is 20.6. The summed E-state index contributed by atoms with van der Waals surface area (Å²) >= 11 is 0. The van der Waals surface area contributed by atoms with Crippen LogP contribution in [0.4, 0.5) is 13.2 Å². The topological polar surface area (TPSA) is 38.8 Å². The second-order valence-corrected chi connectivity index (χ2v) is 6.38. The molecule has 0 unspecified atom stereocenters. The van der Waals surface area contributed by atoms with Crippen molar-refractivity contribution in [2.75, 3.05) is 27.4 Å². The summed E-state index contributed by atoms with van der Waals surface area (Å²) in [5.74, 6) is 0.545. The molecule has 0 aliphatic heterocycles. The van der Waals surface area contributed by atoms with Crippen LogP contribution < -0.4 is 4.74 Å². The number of methoxy groups -OCH3 is 2. The molecule has 7 heteroatoms. The van der Waals surface area contributed by atoms with Gasteiger partial charge in [-0.3, -0.25) is 4.79 Å². The number of carbonyl (C=O) groups is 1. The van der Waals surface area contributed by atoms with Crippen LogP contribution in [0, 0.1) is 0 Å². The highest BCUT2D eigenvalue weighted by Gasteiger charge is 2.30. The molecule has 0 N–H and O–H groups in total. The first kappa shape index (κ1) is 21.8. The Hall–Kier alpha value is -2.54. The predicted octanol–water partition coefficient (Wildman–Crippen LogP) is 4.32. The zero-order valence-electron chi connectivity index (χ0n) is 16.0. The Morgan fingerprint density at radius 2 is 1.75 bits per heavy atom. The molecule has 0 fully saturated rings. The lowest BCUT2D eigenvalue weighted by Crippen LogP contribution is -2.33. The number of ether oxygens (including phenoxy) is 2. The highest BCUT2D eigenvalue weighted by Crippen LogP contribution is 2.29. The van der Waals surface area contributed by atoms with Crippen LogP contribution in [0.2, 0.25) is 0 Å². The minimum absolute atomic E-state index is 0.0368. The molecule has 0 saturated carbocycles. The maximum absolute atomic E-state index is 12.8. The van der Waals surface area contributed by atoms with Gasteiger partial charge >= 0.3 is 6.18 Å². The first-order chi connectivity index (χ1) is 13.3. The van der Waals surface area contributed by atoms with Gasteiger partial charge in [-0.05, 0) is 41.8 Å². The fourth-order valence-electron chi connectivity index (χ4n) is 2.78. The van der Waals surface area contributed by atoms with Gasteiger partial charge in [-0.15, -0.1) is 0 Å². The number of hydrogen-bond acceptors (Lipinski definition) is 3. The summed E-state index contributed by atoms with van der Waals surface area (Å²) < 4.78 is 48.3. The quantitative estimate of drug-likeness (QED) is 0.594. The summed E-state index contributed by atoms with van der Waals surface area (Å²) in [5, 5.41) is 0. The summed E-state index contributed by atoms with van der Waals surface area (Å²) in [6.07, 6.45) is -3.69. The number of rotatable bonds is 9. The van der Waals surface area contributed by atoms with Gasteiger partial charge in [0.25, 0.3) is 0 Å². The van der Waals surface area contributed by atoms with E-state index < -0.39 is 11.7 Å². The molecular formula is C21H24F3NO3. The van der Waals surface area contributed by atoms with Crippen LogP contribution in [0.25, 0.3) is 0 Å². The first-order valence-corrected chi connectivity index (χ1v) is 8.89. The van der Waals surface area contributed by atoms with E-state index in [-0.39, 0.29) is 12.3 Å². The number of carbonyl (C=O) groups excluding carboxylic acids is 1. The molecule has 28 heavy (non-hydrogen) atoms. The molecule has 0 radical (unpaired) electrons. The van der Waals surface area contributed by atoms with E-state index in [9.17, 15) is 18.0 Å². The fraction of sp³-hybridized carbons (Fsp3) is 0.381. The second-order valence-electron chi connectivity index (χ2n) is 6.38. The van der Waals surface area contributed by atoms with E-state index in [0.717, 1.165) is 17.7 Å². The minimum atomic E-state index is -4.39. The molecule has 1 amide bonds. The van der Waals surface area contributed by atoms with Crippen LogP contribution in [0.3, 0.4) is 0 Å². The molecule has 0 bridgehead atoms. The average molecular weight is 395 g/mol. The van der Waals surface area contributed by atoms with Crippen molar-refractivity contribution in [3.63, 3.8) is 0 Å². The summed E-state index contributed by atoms with van der Waals surface area (Å²) in [6.45, 7) is 1.40. The van der Waals surface area contributed by atoms with Crippen LogP contribution in [-0.4, -0.2) is 38.2 Å². The Kier molecular flexibility index (Phi) is 7.87. The van der Waals surface area contributed by atoms with Crippen LogP contribution >= 0.6 is 0 Å². The van der Waals surface area contributed by atoms with Crippen LogP contribution in [0.15, 0.2) is 48.5 Å². The fourth-order valence-corrected chi connectivity index (χ4v) is 2.78. The van der Waals surface area contributed by atoms with Crippen molar-refractivity contribution >= 4 is 5.91 Å². The monoisotopic (exact) mass is 395 g/mol. The van der Waals surface area contributed by atoms with Gasteiger partial charge in [-0.2, -0.15) is 13.2 Å². The van der Waals surface area contributed by atoms with E-state index in [1.54, 1.807) is 19.1 Å². The molecule has 2 rings (SSSR count). The maximum Gasteiger partial charge on any atom is 0.416 e. The highest BCUT2D eigenvalue weighted by molar-refractivity contribution is 5.78. The van der Waals surface area contributed by atoms with Gasteiger partial charge in [-0.1, -0.05) is 24.3 Å². The van der Waals surface area contributed by atoms with E-state index in [2.05, 4.69) is 0 Å². The molecular weight excluding hydrogens is 371 g/mol. The molecule has 0 aliphatic rings. The molecule has 0 saturated heterocycles. The number of hydrogen-bond donors (Lipinski definition) is 0.